The number of Topliss-reactive ketones (excluding diaryl/α,β-unsaturated/α-hetero) is 2. The van der Waals surface area contributed by atoms with Gasteiger partial charge in [0.15, 0.2) is 11.6 Å². The van der Waals surface area contributed by atoms with Gasteiger partial charge in [-0.05, 0) is 24.7 Å². The second-order valence-electron chi connectivity index (χ2n) is 7.40. The van der Waals surface area contributed by atoms with Crippen molar-refractivity contribution in [1.29, 1.82) is 10.5 Å². The van der Waals surface area contributed by atoms with Crippen molar-refractivity contribution in [2.24, 2.45) is 46.3 Å². The molecule has 0 spiro atoms. The van der Waals surface area contributed by atoms with Crippen LogP contribution in [0.3, 0.4) is 0 Å². The van der Waals surface area contributed by atoms with Crippen LogP contribution in [0.4, 0.5) is 0 Å². The van der Waals surface area contributed by atoms with Gasteiger partial charge in [0, 0.05) is 23.7 Å². The molecule has 0 unspecified atom stereocenters. The first-order chi connectivity index (χ1) is 10.6. The smallest absolute Gasteiger partial charge is 0.160 e. The second kappa shape index (κ2) is 3.41. The number of rotatable bonds is 0. The van der Waals surface area contributed by atoms with Crippen LogP contribution in [0.15, 0.2) is 24.3 Å². The molecule has 0 saturated heterocycles. The normalized spacial score (nSPS) is 55.9. The first kappa shape index (κ1) is 12.4. The predicted molar refractivity (Wildman–Crippen MR) is 74.6 cm³/mol. The molecule has 5 rings (SSSR count). The molecule has 108 valence electrons. The summed E-state index contributed by atoms with van der Waals surface area (Å²) in [6, 6.07) is 4.37. The Bertz CT molecular complexity index is 720. The number of carbonyl (C=O) groups excluding carboxylic acids is 2. The zero-order valence-corrected chi connectivity index (χ0v) is 11.9. The molecule has 8 atom stereocenters. The fourth-order valence-electron chi connectivity index (χ4n) is 6.20. The van der Waals surface area contributed by atoms with E-state index in [2.05, 4.69) is 12.1 Å². The molecular weight excluding hydrogens is 276 g/mol. The van der Waals surface area contributed by atoms with Crippen molar-refractivity contribution < 1.29 is 9.59 Å². The van der Waals surface area contributed by atoms with E-state index in [0.717, 1.165) is 6.42 Å². The van der Waals surface area contributed by atoms with Crippen molar-refractivity contribution in [3.05, 3.63) is 24.3 Å². The van der Waals surface area contributed by atoms with Gasteiger partial charge in [0.05, 0.1) is 12.1 Å². The van der Waals surface area contributed by atoms with E-state index in [4.69, 9.17) is 0 Å². The monoisotopic (exact) mass is 290 g/mol. The van der Waals surface area contributed by atoms with Crippen LogP contribution >= 0.6 is 0 Å². The molecule has 0 heterocycles. The van der Waals surface area contributed by atoms with Crippen molar-refractivity contribution >= 4 is 11.6 Å². The summed E-state index contributed by atoms with van der Waals surface area (Å²) in [6.07, 6.45) is 9.24. The van der Waals surface area contributed by atoms with Crippen molar-refractivity contribution in [2.75, 3.05) is 0 Å². The van der Waals surface area contributed by atoms with Crippen LogP contribution in [0.25, 0.3) is 0 Å². The molecular formula is C18H14N2O2. The fraction of sp³-hybridized carbons (Fsp3) is 0.556. The molecule has 0 amide bonds. The summed E-state index contributed by atoms with van der Waals surface area (Å²) in [4.78, 5) is 26.7. The van der Waals surface area contributed by atoms with Crippen LogP contribution in [-0.4, -0.2) is 11.6 Å². The lowest BCUT2D eigenvalue weighted by Gasteiger charge is -2.49. The molecule has 0 aromatic heterocycles. The van der Waals surface area contributed by atoms with Crippen LogP contribution in [0.5, 0.6) is 0 Å². The molecule has 0 aromatic carbocycles. The summed E-state index contributed by atoms with van der Waals surface area (Å²) in [7, 11) is 0. The van der Waals surface area contributed by atoms with Crippen molar-refractivity contribution in [1.82, 2.24) is 0 Å². The summed E-state index contributed by atoms with van der Waals surface area (Å²) < 4.78 is 0. The standard InChI is InChI=1S/C18H14N2O2/c19-7-17-11-3-4-12(6-11)18(17,8-20)16(22)14-10-2-1-9(5-10)13(14)15(17)21/h1-4,9-14H,5-6H2/t9-,10-,11-,12-,13-,14+,17-,18-/m0/s1. The molecule has 3 saturated carbocycles. The van der Waals surface area contributed by atoms with E-state index in [1.807, 2.05) is 24.3 Å². The Kier molecular flexibility index (Phi) is 1.91. The highest BCUT2D eigenvalue weighted by Gasteiger charge is 2.80. The topological polar surface area (TPSA) is 81.7 Å². The first-order valence-electron chi connectivity index (χ1n) is 7.89. The Morgan fingerprint density at radius 2 is 1.27 bits per heavy atom. The molecule has 0 radical (unpaired) electrons. The summed E-state index contributed by atoms with van der Waals surface area (Å²) in [5.41, 5.74) is -2.89. The maximum Gasteiger partial charge on any atom is 0.160 e. The summed E-state index contributed by atoms with van der Waals surface area (Å²) in [5.74, 6) is -1.41. The zero-order valence-electron chi connectivity index (χ0n) is 11.9. The van der Waals surface area contributed by atoms with E-state index in [0.29, 0.717) is 6.42 Å². The summed E-state index contributed by atoms with van der Waals surface area (Å²) >= 11 is 0. The van der Waals surface area contributed by atoms with Crippen molar-refractivity contribution in [2.45, 2.75) is 12.8 Å². The molecule has 4 heteroatoms. The molecule has 4 nitrogen and oxygen atoms in total. The third kappa shape index (κ3) is 0.898. The lowest BCUT2D eigenvalue weighted by Crippen LogP contribution is -2.63. The number of nitriles is 2. The Labute approximate surface area is 128 Å². The Morgan fingerprint density at radius 1 is 0.818 bits per heavy atom. The van der Waals surface area contributed by atoms with Gasteiger partial charge in [-0.15, -0.1) is 0 Å². The van der Waals surface area contributed by atoms with E-state index in [1.54, 1.807) is 0 Å². The van der Waals surface area contributed by atoms with E-state index < -0.39 is 10.8 Å². The van der Waals surface area contributed by atoms with E-state index in [-0.39, 0.29) is 47.1 Å². The van der Waals surface area contributed by atoms with Gasteiger partial charge in [0.1, 0.15) is 10.8 Å². The lowest BCUT2D eigenvalue weighted by molar-refractivity contribution is -0.158. The number of allylic oxidation sites excluding steroid dienone is 4. The minimum absolute atomic E-state index is 0.0801. The lowest BCUT2D eigenvalue weighted by atomic mass is 9.46. The molecule has 0 aromatic rings. The van der Waals surface area contributed by atoms with Crippen molar-refractivity contribution in [3.8, 4) is 12.1 Å². The van der Waals surface area contributed by atoms with E-state index in [9.17, 15) is 20.1 Å². The summed E-state index contributed by atoms with van der Waals surface area (Å²) in [5, 5.41) is 19.8. The highest BCUT2D eigenvalue weighted by Crippen LogP contribution is 2.71. The molecule has 5 aliphatic carbocycles. The average Bonchev–Trinajstić information content (AvgIpc) is 3.29. The van der Waals surface area contributed by atoms with Gasteiger partial charge in [-0.3, -0.25) is 9.59 Å². The van der Waals surface area contributed by atoms with Gasteiger partial charge >= 0.3 is 0 Å². The van der Waals surface area contributed by atoms with Gasteiger partial charge in [-0.2, -0.15) is 10.5 Å². The van der Waals surface area contributed by atoms with Crippen molar-refractivity contribution in [3.63, 3.8) is 0 Å². The van der Waals surface area contributed by atoms with Crippen LogP contribution in [-0.2, 0) is 9.59 Å². The summed E-state index contributed by atoms with van der Waals surface area (Å²) in [6.45, 7) is 0. The predicted octanol–water partition coefficient (Wildman–Crippen LogP) is 1.80. The van der Waals surface area contributed by atoms with E-state index >= 15 is 0 Å². The van der Waals surface area contributed by atoms with Gasteiger partial charge in [-0.1, -0.05) is 24.3 Å². The van der Waals surface area contributed by atoms with Crippen LogP contribution in [0.2, 0.25) is 0 Å². The third-order valence-electron chi connectivity index (χ3n) is 7.01. The van der Waals surface area contributed by atoms with Gasteiger partial charge in [0.25, 0.3) is 0 Å². The maximum atomic E-state index is 13.3. The number of ketones is 2. The molecule has 22 heavy (non-hydrogen) atoms. The molecule has 4 bridgehead atoms. The van der Waals surface area contributed by atoms with E-state index in [1.165, 1.54) is 0 Å². The first-order valence-corrected chi connectivity index (χ1v) is 7.89. The fourth-order valence-corrected chi connectivity index (χ4v) is 6.20. The zero-order chi connectivity index (χ0) is 15.3. The SMILES string of the molecule is N#C[C@]12C(=O)[C@@H]3[C@H](C(=O)[C@]1(C#N)[C@H]1C=C[C@H]2C1)[C@H]1C=C[C@H]3C1. The minimum atomic E-state index is -1.45. The highest BCUT2D eigenvalue weighted by atomic mass is 16.1. The number of hydrogen-bond acceptors (Lipinski definition) is 4. The molecule has 3 fully saturated rings. The Morgan fingerprint density at radius 3 is 1.68 bits per heavy atom. The van der Waals surface area contributed by atoms with Crippen LogP contribution in [0.1, 0.15) is 12.8 Å². The van der Waals surface area contributed by atoms with Gasteiger partial charge in [0.2, 0.25) is 0 Å². The Hall–Kier alpha value is -2.20. The van der Waals surface area contributed by atoms with Gasteiger partial charge < -0.3 is 0 Å². The maximum absolute atomic E-state index is 13.3. The second-order valence-corrected chi connectivity index (χ2v) is 7.40. The minimum Gasteiger partial charge on any atom is -0.297 e. The molecule has 0 aliphatic heterocycles. The molecule has 5 aliphatic rings. The highest BCUT2D eigenvalue weighted by molar-refractivity contribution is 6.10. The number of fused-ring (bicyclic) bond motifs is 10. The van der Waals surface area contributed by atoms with Crippen LogP contribution < -0.4 is 0 Å². The quantitative estimate of drug-likeness (QED) is 0.637. The number of hydrogen-bond donors (Lipinski definition) is 0. The van der Waals surface area contributed by atoms with Crippen LogP contribution in [0, 0.1) is 69.0 Å². The number of carbonyl (C=O) groups is 2. The number of nitrogens with zero attached hydrogens (tertiary/aromatic N) is 2. The Balaban J connectivity index is 1.82. The largest absolute Gasteiger partial charge is 0.297 e. The average molecular weight is 290 g/mol. The third-order valence-corrected chi connectivity index (χ3v) is 7.01. The van der Waals surface area contributed by atoms with Gasteiger partial charge in [-0.25, -0.2) is 0 Å². The molecule has 0 N–H and O–H groups in total.